The number of benzene rings is 1. The minimum absolute atomic E-state index is 0.0429. The molecule has 0 unspecified atom stereocenters. The minimum atomic E-state index is -1.49. The summed E-state index contributed by atoms with van der Waals surface area (Å²) < 4.78 is 0. The number of unbranched alkanes of at least 4 members (excludes halogenated alkanes) is 1. The molecule has 0 aliphatic rings. The Morgan fingerprint density at radius 3 is 1.72 bits per heavy atom. The van der Waals surface area contributed by atoms with Crippen LogP contribution in [0.15, 0.2) is 47.8 Å². The van der Waals surface area contributed by atoms with Crippen molar-refractivity contribution in [1.82, 2.24) is 47.2 Å². The molecule has 0 aliphatic heterocycles. The first kappa shape index (κ1) is 61.0. The highest BCUT2D eigenvalue weighted by Gasteiger charge is 2.35. The number of hydrogen-bond acceptors (Lipinski definition) is 13. The molecule has 1 aromatic carbocycles. The number of nitrogens with two attached hydrogens (primary N) is 6. The molecule has 2 rings (SSSR count). The molecule has 2 aromatic rings. The number of aromatic amines is 1. The highest BCUT2D eigenvalue weighted by molar-refractivity contribution is 5.98. The summed E-state index contributed by atoms with van der Waals surface area (Å²) in [5.41, 5.74) is 35.3. The first-order valence-corrected chi connectivity index (χ1v) is 24.3. The van der Waals surface area contributed by atoms with Crippen molar-refractivity contribution in [2.45, 2.75) is 154 Å². The van der Waals surface area contributed by atoms with Gasteiger partial charge in [0.2, 0.25) is 53.2 Å². The Bertz CT molecular complexity index is 2100. The van der Waals surface area contributed by atoms with Gasteiger partial charge in [0.1, 0.15) is 42.3 Å². The number of aliphatic imine (C=N–C) groups is 1. The van der Waals surface area contributed by atoms with Gasteiger partial charge < -0.3 is 76.6 Å². The van der Waals surface area contributed by atoms with Gasteiger partial charge in [0.25, 0.3) is 0 Å². The molecule has 72 heavy (non-hydrogen) atoms. The maximum absolute atomic E-state index is 14.3. The smallest absolute Gasteiger partial charge is 0.243 e. The molecule has 0 radical (unpaired) electrons. The second kappa shape index (κ2) is 31.9. The number of H-pyrrole nitrogens is 1. The van der Waals surface area contributed by atoms with Crippen LogP contribution in [-0.4, -0.2) is 131 Å². The lowest BCUT2D eigenvalue weighted by Gasteiger charge is -2.29. The van der Waals surface area contributed by atoms with Crippen LogP contribution in [0, 0.1) is 11.8 Å². The van der Waals surface area contributed by atoms with Crippen molar-refractivity contribution in [2.75, 3.05) is 13.1 Å². The summed E-state index contributed by atoms with van der Waals surface area (Å²) in [6.07, 6.45) is 3.97. The van der Waals surface area contributed by atoms with Crippen LogP contribution in [0.4, 0.5) is 0 Å². The van der Waals surface area contributed by atoms with Gasteiger partial charge in [0.15, 0.2) is 5.96 Å². The number of amides is 9. The number of nitrogens with zero attached hydrogens (tertiary/aromatic N) is 2. The molecule has 25 heteroatoms. The van der Waals surface area contributed by atoms with Crippen LogP contribution >= 0.6 is 0 Å². The van der Waals surface area contributed by atoms with Crippen LogP contribution < -0.4 is 71.6 Å². The number of hydrogen-bond donors (Lipinski definition) is 14. The lowest BCUT2D eigenvalue weighted by atomic mass is 9.95. The fourth-order valence-electron chi connectivity index (χ4n) is 7.31. The Morgan fingerprint density at radius 2 is 1.19 bits per heavy atom. The molecular formula is C47H78N16O9. The van der Waals surface area contributed by atoms with Crippen molar-refractivity contribution in [3.05, 3.63) is 54.1 Å². The molecule has 25 nitrogen and oxygen atoms in total. The number of carbonyl (C=O) groups is 9. The molecule has 9 atom stereocenters. The summed E-state index contributed by atoms with van der Waals surface area (Å²) in [7, 11) is 0. The molecule has 0 spiro atoms. The van der Waals surface area contributed by atoms with Gasteiger partial charge in [-0.25, -0.2) is 4.98 Å². The first-order valence-electron chi connectivity index (χ1n) is 24.3. The standard InChI is InChI=1S/C47H78N16O9/c1-6-27(4)38(46(72)61-35(39(51)65)22-29-13-8-7-9-14-29)63-45(71)36(21-26(2)3)62-43(69)33(16-12-20-55-47(52)53)59-44(70)34(17-18-37(50)64)60-42(68)32(15-10-11-19-48)58-40(66)28(5)57-41(67)31(49)23-30-24-54-25-56-30/h7-9,13-14,24-28,31-36,38H,6,10-12,15-23,48-49H2,1-5H3,(H2,50,64)(H2,51,65)(H,54,56)(H,57,67)(H,58,66)(H,59,70)(H,60,68)(H,61,72)(H,62,69)(H,63,71)(H4,52,53,55)/t27-,28-,31-,32-,33-,34-,35-,36-,38-/m0/s1. The highest BCUT2D eigenvalue weighted by Crippen LogP contribution is 2.14. The highest BCUT2D eigenvalue weighted by atomic mass is 16.2. The van der Waals surface area contributed by atoms with E-state index in [2.05, 4.69) is 52.2 Å². The number of rotatable bonds is 34. The van der Waals surface area contributed by atoms with Crippen molar-refractivity contribution in [3.8, 4) is 0 Å². The van der Waals surface area contributed by atoms with Crippen molar-refractivity contribution in [2.24, 2.45) is 51.2 Å². The summed E-state index contributed by atoms with van der Waals surface area (Å²) in [6.45, 7) is 8.91. The Morgan fingerprint density at radius 1 is 0.639 bits per heavy atom. The average molecular weight is 1010 g/mol. The van der Waals surface area contributed by atoms with Gasteiger partial charge in [-0.05, 0) is 75.8 Å². The fraction of sp³-hybridized carbons (Fsp3) is 0.596. The topological polar surface area (TPSA) is 435 Å². The Balaban J connectivity index is 2.38. The normalized spacial score (nSPS) is 14.8. The van der Waals surface area contributed by atoms with E-state index in [9.17, 15) is 43.2 Å². The second-order valence-electron chi connectivity index (χ2n) is 18.3. The van der Waals surface area contributed by atoms with E-state index in [0.29, 0.717) is 25.0 Å². The van der Waals surface area contributed by atoms with Crippen molar-refractivity contribution in [3.63, 3.8) is 0 Å². The summed E-state index contributed by atoms with van der Waals surface area (Å²) in [5.74, 6) is -7.73. The molecule has 9 amide bonds. The van der Waals surface area contributed by atoms with Crippen LogP contribution in [0.3, 0.4) is 0 Å². The van der Waals surface area contributed by atoms with Gasteiger partial charge in [0, 0.05) is 37.7 Å². The van der Waals surface area contributed by atoms with Crippen molar-refractivity contribution < 1.29 is 43.2 Å². The molecule has 0 bridgehead atoms. The number of carbonyl (C=O) groups excluding carboxylic acids is 9. The molecule has 0 saturated carbocycles. The summed E-state index contributed by atoms with van der Waals surface area (Å²) in [4.78, 5) is 132. The SMILES string of the molecule is CC[C@H](C)[C@H](NC(=O)[C@H](CC(C)C)NC(=O)[C@H](CCCN=C(N)N)NC(=O)[C@H](CCC(N)=O)NC(=O)[C@H](CCCCN)NC(=O)[C@H](C)NC(=O)[C@@H](N)Cc1cnc[nH]1)C(=O)N[C@@H](Cc1ccccc1)C(N)=O. The van der Waals surface area contributed by atoms with E-state index >= 15 is 0 Å². The molecule has 0 saturated heterocycles. The lowest BCUT2D eigenvalue weighted by Crippen LogP contribution is -2.61. The van der Waals surface area contributed by atoms with E-state index in [1.165, 1.54) is 19.4 Å². The van der Waals surface area contributed by atoms with E-state index in [1.807, 2.05) is 20.8 Å². The number of imidazole rings is 1. The Labute approximate surface area is 420 Å². The van der Waals surface area contributed by atoms with Gasteiger partial charge in [-0.1, -0.05) is 64.4 Å². The van der Waals surface area contributed by atoms with Crippen LogP contribution in [0.2, 0.25) is 0 Å². The molecule has 0 aliphatic carbocycles. The predicted molar refractivity (Wildman–Crippen MR) is 269 cm³/mol. The number of aromatic nitrogens is 2. The van der Waals surface area contributed by atoms with Gasteiger partial charge in [-0.2, -0.15) is 0 Å². The zero-order valence-corrected chi connectivity index (χ0v) is 42.0. The lowest BCUT2D eigenvalue weighted by molar-refractivity contribution is -0.136. The number of nitrogens with one attached hydrogen (secondary N) is 8. The molecule has 0 fully saturated rings. The zero-order chi connectivity index (χ0) is 53.9. The van der Waals surface area contributed by atoms with E-state index in [1.54, 1.807) is 37.3 Å². The average Bonchev–Trinajstić information content (AvgIpc) is 3.84. The molecular weight excluding hydrogens is 933 g/mol. The third-order valence-electron chi connectivity index (χ3n) is 11.6. The summed E-state index contributed by atoms with van der Waals surface area (Å²) in [6, 6.07) is -0.867. The van der Waals surface area contributed by atoms with Crippen molar-refractivity contribution in [1.29, 1.82) is 0 Å². The number of guanidine groups is 1. The largest absolute Gasteiger partial charge is 0.370 e. The quantitative estimate of drug-likeness (QED) is 0.0188. The minimum Gasteiger partial charge on any atom is -0.370 e. The third-order valence-corrected chi connectivity index (χ3v) is 11.6. The third kappa shape index (κ3) is 22.7. The molecule has 1 aromatic heterocycles. The monoisotopic (exact) mass is 1010 g/mol. The summed E-state index contributed by atoms with van der Waals surface area (Å²) >= 11 is 0. The Kier molecular flexibility index (Phi) is 27.1. The number of primary amides is 2. The maximum atomic E-state index is 14.3. The van der Waals surface area contributed by atoms with Crippen LogP contribution in [-0.2, 0) is 56.0 Å². The zero-order valence-electron chi connectivity index (χ0n) is 42.0. The van der Waals surface area contributed by atoms with Crippen molar-refractivity contribution >= 4 is 59.1 Å². The van der Waals surface area contributed by atoms with E-state index in [4.69, 9.17) is 34.4 Å². The second-order valence-corrected chi connectivity index (χ2v) is 18.3. The van der Waals surface area contributed by atoms with E-state index in [-0.39, 0.29) is 76.3 Å². The van der Waals surface area contributed by atoms with Gasteiger partial charge in [-0.15, -0.1) is 0 Å². The van der Waals surface area contributed by atoms with Crippen LogP contribution in [0.1, 0.15) is 104 Å². The van der Waals surface area contributed by atoms with Gasteiger partial charge >= 0.3 is 0 Å². The Hall–Kier alpha value is -7.15. The van der Waals surface area contributed by atoms with Gasteiger partial charge in [0.05, 0.1) is 12.4 Å². The molecule has 400 valence electrons. The van der Waals surface area contributed by atoms with Crippen LogP contribution in [0.5, 0.6) is 0 Å². The first-order chi connectivity index (χ1) is 34.1. The molecule has 1 heterocycles. The predicted octanol–water partition coefficient (Wildman–Crippen LogP) is -3.04. The van der Waals surface area contributed by atoms with Crippen LogP contribution in [0.25, 0.3) is 0 Å². The summed E-state index contributed by atoms with van der Waals surface area (Å²) in [5, 5.41) is 18.5. The maximum Gasteiger partial charge on any atom is 0.243 e. The van der Waals surface area contributed by atoms with Gasteiger partial charge in [-0.3, -0.25) is 48.1 Å². The van der Waals surface area contributed by atoms with E-state index < -0.39 is 107 Å². The van der Waals surface area contributed by atoms with E-state index in [0.717, 1.165) is 5.56 Å². The molecule has 20 N–H and O–H groups in total. The fourth-order valence-corrected chi connectivity index (χ4v) is 7.31.